The molecule has 2 aromatic heterocycles. The SMILES string of the molecule is CC(C)(C)c1ccc(-n2c3ccccc3c3c(Oc4ccccc4)cc(N(c4ccccc4)c4cccc(N(c5cc(Oc6ccccc6)c6c(c5)oc5ccccc56)c5c(-c6ccccc6)cccc5-c5ccccc5)c4)cc32)cc1. The van der Waals surface area contributed by atoms with Gasteiger partial charge in [-0.3, -0.25) is 0 Å². The molecule has 0 atom stereocenters. The minimum atomic E-state index is -0.00530. The minimum absolute atomic E-state index is 0.00530. The van der Waals surface area contributed by atoms with Crippen LogP contribution >= 0.6 is 0 Å². The van der Waals surface area contributed by atoms with Gasteiger partial charge in [-0.15, -0.1) is 0 Å². The number of nitrogens with zero attached hydrogens (tertiary/aromatic N) is 3. The highest BCUT2D eigenvalue weighted by atomic mass is 16.5. The van der Waals surface area contributed by atoms with Crippen LogP contribution in [-0.4, -0.2) is 4.57 Å². The molecule has 14 aromatic rings. The predicted molar refractivity (Wildman–Crippen MR) is 340 cm³/mol. The fourth-order valence-electron chi connectivity index (χ4n) is 11.6. The second-order valence-electron chi connectivity index (χ2n) is 21.7. The minimum Gasteiger partial charge on any atom is -0.457 e. The third kappa shape index (κ3) is 9.26. The maximum absolute atomic E-state index is 7.11. The highest BCUT2D eigenvalue weighted by Crippen LogP contribution is 2.52. The summed E-state index contributed by atoms with van der Waals surface area (Å²) in [5.41, 5.74) is 15.8. The lowest BCUT2D eigenvalue weighted by atomic mass is 9.87. The first-order chi connectivity index (χ1) is 40.3. The third-order valence-corrected chi connectivity index (χ3v) is 15.4. The lowest BCUT2D eigenvalue weighted by Gasteiger charge is -2.32. The smallest absolute Gasteiger partial charge is 0.141 e. The molecule has 0 amide bonds. The largest absolute Gasteiger partial charge is 0.457 e. The first-order valence-electron chi connectivity index (χ1n) is 27.9. The molecule has 0 aliphatic rings. The third-order valence-electron chi connectivity index (χ3n) is 15.4. The number of rotatable bonds is 13. The van der Waals surface area contributed by atoms with Crippen molar-refractivity contribution in [1.82, 2.24) is 4.57 Å². The van der Waals surface area contributed by atoms with E-state index in [0.717, 1.165) is 117 Å². The van der Waals surface area contributed by atoms with E-state index in [1.807, 2.05) is 78.9 Å². The average molecular weight is 1060 g/mol. The number of furan rings is 1. The van der Waals surface area contributed by atoms with E-state index in [1.54, 1.807) is 0 Å². The standard InChI is InChI=1S/C76H57N3O3/c1-76(2,3)54-43-45-56(46-44-54)79-67-41-21-19-37-65(67)73-68(79)48-59(49-70(73)80-61-33-15-7-16-34-61)77(55-29-13-6-14-30-55)57-31-23-32-58(47-57)78(75-63(52-25-9-4-10-26-52)39-24-40-64(75)53-27-11-5-12-28-53)60-50-71(81-62-35-17-8-18-36-62)74-66-38-20-22-42-69(66)82-72(74)51-60/h4-51H,1-3H3. The Morgan fingerprint density at radius 3 is 1.45 bits per heavy atom. The molecule has 0 bridgehead atoms. The summed E-state index contributed by atoms with van der Waals surface area (Å²) in [6, 6.07) is 102. The normalized spacial score (nSPS) is 11.6. The van der Waals surface area contributed by atoms with Gasteiger partial charge in [-0.1, -0.05) is 209 Å². The van der Waals surface area contributed by atoms with Crippen molar-refractivity contribution < 1.29 is 13.9 Å². The number of anilines is 6. The van der Waals surface area contributed by atoms with Gasteiger partial charge in [0.15, 0.2) is 0 Å². The van der Waals surface area contributed by atoms with E-state index < -0.39 is 0 Å². The average Bonchev–Trinajstić information content (AvgIpc) is 4.28. The zero-order chi connectivity index (χ0) is 55.2. The highest BCUT2D eigenvalue weighted by molar-refractivity contribution is 6.14. The van der Waals surface area contributed by atoms with E-state index in [-0.39, 0.29) is 5.41 Å². The van der Waals surface area contributed by atoms with Crippen molar-refractivity contribution >= 4 is 77.9 Å². The lowest BCUT2D eigenvalue weighted by Crippen LogP contribution is -2.15. The van der Waals surface area contributed by atoms with Gasteiger partial charge < -0.3 is 28.3 Å². The number of benzene rings is 12. The molecule has 0 saturated heterocycles. The van der Waals surface area contributed by atoms with Crippen molar-refractivity contribution in [2.24, 2.45) is 0 Å². The molecule has 394 valence electrons. The molecule has 14 rings (SSSR count). The molecule has 12 aromatic carbocycles. The van der Waals surface area contributed by atoms with Gasteiger partial charge in [0.1, 0.15) is 34.2 Å². The summed E-state index contributed by atoms with van der Waals surface area (Å²) in [6.07, 6.45) is 0. The molecule has 0 N–H and O–H groups in total. The molecule has 0 saturated carbocycles. The van der Waals surface area contributed by atoms with Crippen LogP contribution < -0.4 is 19.3 Å². The molecule has 0 radical (unpaired) electrons. The number of hydrogen-bond acceptors (Lipinski definition) is 5. The summed E-state index contributed by atoms with van der Waals surface area (Å²) in [7, 11) is 0. The van der Waals surface area contributed by atoms with Gasteiger partial charge in [0.2, 0.25) is 0 Å². The van der Waals surface area contributed by atoms with Crippen LogP contribution in [0, 0.1) is 0 Å². The summed E-state index contributed by atoms with van der Waals surface area (Å²) < 4.78 is 23.3. The van der Waals surface area contributed by atoms with Crippen molar-refractivity contribution in [3.8, 4) is 50.9 Å². The van der Waals surface area contributed by atoms with Crippen LogP contribution in [0.2, 0.25) is 0 Å². The number of hydrogen-bond donors (Lipinski definition) is 0. The van der Waals surface area contributed by atoms with E-state index in [4.69, 9.17) is 13.9 Å². The number of aromatic nitrogens is 1. The maximum Gasteiger partial charge on any atom is 0.141 e. The van der Waals surface area contributed by atoms with Crippen LogP contribution in [0.5, 0.6) is 23.0 Å². The van der Waals surface area contributed by atoms with Crippen LogP contribution in [0.1, 0.15) is 26.3 Å². The van der Waals surface area contributed by atoms with Gasteiger partial charge in [-0.05, 0) is 107 Å². The Kier molecular flexibility index (Phi) is 12.7. The van der Waals surface area contributed by atoms with Gasteiger partial charge in [-0.2, -0.15) is 0 Å². The van der Waals surface area contributed by atoms with Gasteiger partial charge in [0.25, 0.3) is 0 Å². The fourth-order valence-corrected chi connectivity index (χ4v) is 11.6. The summed E-state index contributed by atoms with van der Waals surface area (Å²) in [5.74, 6) is 2.89. The topological polar surface area (TPSA) is 43.0 Å². The zero-order valence-corrected chi connectivity index (χ0v) is 45.8. The van der Waals surface area contributed by atoms with Crippen LogP contribution in [0.4, 0.5) is 34.1 Å². The van der Waals surface area contributed by atoms with Gasteiger partial charge in [0.05, 0.1) is 38.9 Å². The Morgan fingerprint density at radius 2 is 0.841 bits per heavy atom. The van der Waals surface area contributed by atoms with Crippen LogP contribution in [0.3, 0.4) is 0 Å². The molecule has 2 heterocycles. The zero-order valence-electron chi connectivity index (χ0n) is 45.8. The molecule has 0 aliphatic carbocycles. The quantitative estimate of drug-likeness (QED) is 0.115. The van der Waals surface area contributed by atoms with Crippen LogP contribution in [0.25, 0.3) is 71.7 Å². The van der Waals surface area contributed by atoms with Gasteiger partial charge >= 0.3 is 0 Å². The Morgan fingerprint density at radius 1 is 0.354 bits per heavy atom. The van der Waals surface area contributed by atoms with Crippen LogP contribution in [0.15, 0.2) is 296 Å². The Balaban J connectivity index is 1.04. The van der Waals surface area contributed by atoms with Gasteiger partial charge in [0, 0.05) is 62.8 Å². The molecule has 6 heteroatoms. The molecule has 0 spiro atoms. The van der Waals surface area contributed by atoms with E-state index in [9.17, 15) is 0 Å². The Hall–Kier alpha value is -10.6. The van der Waals surface area contributed by atoms with E-state index in [2.05, 4.69) is 247 Å². The van der Waals surface area contributed by atoms with Crippen molar-refractivity contribution in [1.29, 1.82) is 0 Å². The number of fused-ring (bicyclic) bond motifs is 6. The second kappa shape index (κ2) is 20.9. The van der Waals surface area contributed by atoms with Crippen molar-refractivity contribution in [2.45, 2.75) is 26.2 Å². The highest BCUT2D eigenvalue weighted by Gasteiger charge is 2.28. The monoisotopic (exact) mass is 1060 g/mol. The molecular weight excluding hydrogens is 1000 g/mol. The lowest BCUT2D eigenvalue weighted by molar-refractivity contribution is 0.488. The molecule has 82 heavy (non-hydrogen) atoms. The first-order valence-corrected chi connectivity index (χ1v) is 27.9. The summed E-state index contributed by atoms with van der Waals surface area (Å²) in [5, 5.41) is 4.00. The second-order valence-corrected chi connectivity index (χ2v) is 21.7. The fraction of sp³-hybridized carbons (Fsp3) is 0.0526. The number of para-hydroxylation sites is 6. The summed E-state index contributed by atoms with van der Waals surface area (Å²) >= 11 is 0. The molecule has 6 nitrogen and oxygen atoms in total. The Labute approximate surface area is 477 Å². The van der Waals surface area contributed by atoms with Crippen LogP contribution in [-0.2, 0) is 5.41 Å². The number of ether oxygens (including phenoxy) is 2. The molecule has 0 aliphatic heterocycles. The molecular formula is C76H57N3O3. The van der Waals surface area contributed by atoms with E-state index in [0.29, 0.717) is 11.3 Å². The van der Waals surface area contributed by atoms with E-state index >= 15 is 0 Å². The van der Waals surface area contributed by atoms with Crippen molar-refractivity contribution in [2.75, 3.05) is 9.80 Å². The molecule has 0 unspecified atom stereocenters. The Bertz CT molecular complexity index is 4530. The summed E-state index contributed by atoms with van der Waals surface area (Å²) in [6.45, 7) is 6.78. The van der Waals surface area contributed by atoms with E-state index in [1.165, 1.54) is 5.56 Å². The first kappa shape index (κ1) is 49.7. The predicted octanol–water partition coefficient (Wildman–Crippen LogP) is 21.8. The maximum atomic E-state index is 7.11. The van der Waals surface area contributed by atoms with Crippen molar-refractivity contribution in [3.63, 3.8) is 0 Å². The van der Waals surface area contributed by atoms with Crippen molar-refractivity contribution in [3.05, 3.63) is 297 Å². The summed E-state index contributed by atoms with van der Waals surface area (Å²) in [4.78, 5) is 4.73. The van der Waals surface area contributed by atoms with Gasteiger partial charge in [-0.25, -0.2) is 0 Å². The molecule has 0 fully saturated rings.